The van der Waals surface area contributed by atoms with Crippen molar-refractivity contribution in [2.45, 2.75) is 13.8 Å². The Labute approximate surface area is 78.7 Å². The highest BCUT2D eigenvalue weighted by atomic mass is 16.5. The predicted octanol–water partition coefficient (Wildman–Crippen LogP) is 1.59. The number of carbonyl (C=O) groups excluding carboxylic acids is 1. The largest absolute Gasteiger partial charge is 0.505 e. The summed E-state index contributed by atoms with van der Waals surface area (Å²) >= 11 is 0. The van der Waals surface area contributed by atoms with Crippen molar-refractivity contribution < 1.29 is 14.3 Å². The van der Waals surface area contributed by atoms with Gasteiger partial charge in [0.1, 0.15) is 0 Å². The van der Waals surface area contributed by atoms with Gasteiger partial charge in [-0.05, 0) is 17.4 Å². The first-order valence-electron chi connectivity index (χ1n) is 4.33. The van der Waals surface area contributed by atoms with Crippen molar-refractivity contribution in [3.63, 3.8) is 0 Å². The molecule has 0 aromatic rings. The van der Waals surface area contributed by atoms with Gasteiger partial charge in [0, 0.05) is 0 Å². The first-order chi connectivity index (χ1) is 6.05. The molecule has 0 aromatic carbocycles. The zero-order valence-corrected chi connectivity index (χ0v) is 8.53. The number of carbonyl (C=O) groups is 1. The molecule has 1 rings (SSSR count). The van der Waals surface area contributed by atoms with Crippen LogP contribution in [0.1, 0.15) is 13.8 Å². The molecule has 3 heteroatoms. The minimum atomic E-state index is -0.129. The van der Waals surface area contributed by atoms with Gasteiger partial charge in [0.05, 0.1) is 26.4 Å². The van der Waals surface area contributed by atoms with E-state index in [1.807, 2.05) is 6.08 Å². The average Bonchev–Trinajstić information content (AvgIpc) is 2.63. The van der Waals surface area contributed by atoms with Crippen LogP contribution in [-0.4, -0.2) is 20.2 Å². The monoisotopic (exact) mass is 184 g/mol. The summed E-state index contributed by atoms with van der Waals surface area (Å²) in [6.07, 6.45) is 3.54. The Morgan fingerprint density at radius 2 is 2.00 bits per heavy atom. The Kier molecular flexibility index (Phi) is 2.64. The van der Waals surface area contributed by atoms with Gasteiger partial charge in [0.15, 0.2) is 0 Å². The highest BCUT2D eigenvalue weighted by Crippen LogP contribution is 2.59. The fraction of sp³-hybridized carbons (Fsp3) is 0.700. The van der Waals surface area contributed by atoms with Gasteiger partial charge < -0.3 is 9.47 Å². The van der Waals surface area contributed by atoms with Crippen molar-refractivity contribution in [3.8, 4) is 0 Å². The molecule has 0 saturated heterocycles. The Balaban J connectivity index is 2.60. The summed E-state index contributed by atoms with van der Waals surface area (Å²) in [5.41, 5.74) is 0.0160. The molecule has 0 amide bonds. The number of methoxy groups -OCH3 is 2. The summed E-state index contributed by atoms with van der Waals surface area (Å²) in [7, 11) is 3.02. The number of esters is 1. The lowest BCUT2D eigenvalue weighted by atomic mass is 10.1. The van der Waals surface area contributed by atoms with E-state index in [0.717, 1.165) is 0 Å². The van der Waals surface area contributed by atoms with Crippen LogP contribution in [0, 0.1) is 17.3 Å². The summed E-state index contributed by atoms with van der Waals surface area (Å²) in [6.45, 7) is 4.11. The van der Waals surface area contributed by atoms with Crippen molar-refractivity contribution in [2.24, 2.45) is 17.3 Å². The number of hydrogen-bond acceptors (Lipinski definition) is 3. The maximum atomic E-state index is 11.3. The van der Waals surface area contributed by atoms with Crippen LogP contribution in [0.15, 0.2) is 12.3 Å². The van der Waals surface area contributed by atoms with Gasteiger partial charge in [-0.15, -0.1) is 0 Å². The molecule has 0 N–H and O–H groups in total. The maximum absolute atomic E-state index is 11.3. The van der Waals surface area contributed by atoms with Crippen LogP contribution in [0.3, 0.4) is 0 Å². The molecule has 0 bridgehead atoms. The van der Waals surface area contributed by atoms with E-state index >= 15 is 0 Å². The number of allylic oxidation sites excluding steroid dienone is 1. The molecule has 0 aromatic heterocycles. The molecule has 0 unspecified atom stereocenters. The van der Waals surface area contributed by atoms with Gasteiger partial charge in [-0.2, -0.15) is 0 Å². The zero-order chi connectivity index (χ0) is 10.1. The molecule has 13 heavy (non-hydrogen) atoms. The Morgan fingerprint density at radius 1 is 1.38 bits per heavy atom. The lowest BCUT2D eigenvalue weighted by Gasteiger charge is -1.98. The standard InChI is InChI=1S/C10H16O3/c1-10(2)7(5-6-12-3)8(10)9(11)13-4/h5-8H,1-4H3/t7-,8-/m0/s1. The highest BCUT2D eigenvalue weighted by molar-refractivity contribution is 5.78. The molecular formula is C10H16O3. The number of hydrogen-bond donors (Lipinski definition) is 0. The summed E-state index contributed by atoms with van der Waals surface area (Å²) in [5, 5.41) is 0. The van der Waals surface area contributed by atoms with E-state index in [0.29, 0.717) is 0 Å². The summed E-state index contributed by atoms with van der Waals surface area (Å²) in [6, 6.07) is 0. The second-order valence-corrected chi connectivity index (χ2v) is 3.91. The first kappa shape index (κ1) is 10.1. The van der Waals surface area contributed by atoms with Gasteiger partial charge in [-0.3, -0.25) is 4.79 Å². The molecule has 1 aliphatic carbocycles. The second-order valence-electron chi connectivity index (χ2n) is 3.91. The van der Waals surface area contributed by atoms with E-state index in [9.17, 15) is 4.79 Å². The van der Waals surface area contributed by atoms with Gasteiger partial charge in [-0.1, -0.05) is 13.8 Å². The van der Waals surface area contributed by atoms with Crippen molar-refractivity contribution in [1.29, 1.82) is 0 Å². The van der Waals surface area contributed by atoms with E-state index in [1.165, 1.54) is 7.11 Å². The molecule has 3 nitrogen and oxygen atoms in total. The molecule has 2 atom stereocenters. The lowest BCUT2D eigenvalue weighted by Crippen LogP contribution is -2.07. The number of ether oxygens (including phenoxy) is 2. The maximum Gasteiger partial charge on any atom is 0.309 e. The van der Waals surface area contributed by atoms with Gasteiger partial charge in [0.2, 0.25) is 0 Å². The molecule has 0 spiro atoms. The molecule has 0 aliphatic heterocycles. The third-order valence-corrected chi connectivity index (χ3v) is 2.79. The molecule has 1 aliphatic rings. The van der Waals surface area contributed by atoms with Crippen molar-refractivity contribution in [3.05, 3.63) is 12.3 Å². The molecule has 1 saturated carbocycles. The van der Waals surface area contributed by atoms with Gasteiger partial charge in [-0.25, -0.2) is 0 Å². The van der Waals surface area contributed by atoms with Gasteiger partial charge >= 0.3 is 5.97 Å². The van der Waals surface area contributed by atoms with Gasteiger partial charge in [0.25, 0.3) is 0 Å². The zero-order valence-electron chi connectivity index (χ0n) is 8.53. The van der Waals surface area contributed by atoms with E-state index in [-0.39, 0.29) is 23.2 Å². The molecular weight excluding hydrogens is 168 g/mol. The van der Waals surface area contributed by atoms with Crippen LogP contribution in [0.2, 0.25) is 0 Å². The smallest absolute Gasteiger partial charge is 0.309 e. The molecule has 0 radical (unpaired) electrons. The van der Waals surface area contributed by atoms with E-state index in [1.54, 1.807) is 13.4 Å². The normalized spacial score (nSPS) is 30.2. The average molecular weight is 184 g/mol. The first-order valence-corrected chi connectivity index (χ1v) is 4.33. The summed E-state index contributed by atoms with van der Waals surface area (Å²) in [4.78, 5) is 11.3. The molecule has 74 valence electrons. The van der Waals surface area contributed by atoms with E-state index in [4.69, 9.17) is 9.47 Å². The third-order valence-electron chi connectivity index (χ3n) is 2.79. The Bertz CT molecular complexity index is 230. The predicted molar refractivity (Wildman–Crippen MR) is 48.9 cm³/mol. The van der Waals surface area contributed by atoms with E-state index in [2.05, 4.69) is 13.8 Å². The minimum absolute atomic E-state index is 0.0103. The second kappa shape index (κ2) is 3.40. The van der Waals surface area contributed by atoms with Crippen LogP contribution >= 0.6 is 0 Å². The lowest BCUT2D eigenvalue weighted by molar-refractivity contribution is -0.143. The van der Waals surface area contributed by atoms with Crippen LogP contribution in [0.25, 0.3) is 0 Å². The van der Waals surface area contributed by atoms with Crippen LogP contribution in [0.5, 0.6) is 0 Å². The molecule has 1 fully saturated rings. The van der Waals surface area contributed by atoms with Crippen LogP contribution < -0.4 is 0 Å². The van der Waals surface area contributed by atoms with Crippen molar-refractivity contribution in [1.82, 2.24) is 0 Å². The third kappa shape index (κ3) is 1.69. The molecule has 0 heterocycles. The Morgan fingerprint density at radius 3 is 2.46 bits per heavy atom. The van der Waals surface area contributed by atoms with E-state index < -0.39 is 0 Å². The fourth-order valence-corrected chi connectivity index (χ4v) is 1.78. The van der Waals surface area contributed by atoms with Crippen molar-refractivity contribution >= 4 is 5.97 Å². The number of rotatable bonds is 3. The topological polar surface area (TPSA) is 35.5 Å². The highest BCUT2D eigenvalue weighted by Gasteiger charge is 2.61. The fourth-order valence-electron chi connectivity index (χ4n) is 1.78. The Hall–Kier alpha value is -0.990. The minimum Gasteiger partial charge on any atom is -0.505 e. The summed E-state index contributed by atoms with van der Waals surface area (Å²) in [5.74, 6) is 0.111. The van der Waals surface area contributed by atoms with Crippen LogP contribution in [0.4, 0.5) is 0 Å². The van der Waals surface area contributed by atoms with Crippen LogP contribution in [-0.2, 0) is 14.3 Å². The SMILES string of the molecule is COC=C[C@H]1[C@@H](C(=O)OC)C1(C)C. The summed E-state index contributed by atoms with van der Waals surface area (Å²) < 4.78 is 9.52. The van der Waals surface area contributed by atoms with Crippen molar-refractivity contribution in [2.75, 3.05) is 14.2 Å². The quantitative estimate of drug-likeness (QED) is 0.493.